The monoisotopic (exact) mass is 784 g/mol. The molecular weight excluding hydrogens is 744 g/mol. The lowest BCUT2D eigenvalue weighted by molar-refractivity contribution is 0.0942. The van der Waals surface area contributed by atoms with Crippen molar-refractivity contribution in [1.29, 1.82) is 0 Å². The van der Waals surface area contributed by atoms with Gasteiger partial charge in [0.25, 0.3) is 11.8 Å². The molecule has 290 valence electrons. The number of nitrogens with zero attached hydrogens (tertiary/aromatic N) is 4. The van der Waals surface area contributed by atoms with Crippen LogP contribution in [-0.2, 0) is 0 Å². The molecule has 0 spiro atoms. The first-order valence-electron chi connectivity index (χ1n) is 18.4. The molecule has 2 aromatic heterocycles. The molecule has 6 aromatic rings. The largest absolute Gasteiger partial charge is 0.383 e. The predicted octanol–water partition coefficient (Wildman–Crippen LogP) is 6.63. The van der Waals surface area contributed by atoms with Gasteiger partial charge >= 0.3 is 0 Å². The lowest BCUT2D eigenvalue weighted by Gasteiger charge is -2.11. The van der Waals surface area contributed by atoms with Crippen LogP contribution < -0.4 is 22.1 Å². The third-order valence-electron chi connectivity index (χ3n) is 9.76. The Bertz CT molecular complexity index is 2520. The van der Waals surface area contributed by atoms with Crippen LogP contribution in [0.1, 0.15) is 89.4 Å². The minimum atomic E-state index is -0.419. The van der Waals surface area contributed by atoms with Crippen LogP contribution in [0.15, 0.2) is 102 Å². The van der Waals surface area contributed by atoms with Crippen LogP contribution in [-0.4, -0.2) is 61.3 Å². The van der Waals surface area contributed by atoms with E-state index in [1.54, 1.807) is 42.1 Å². The Hall–Kier alpha value is -6.54. The molecule has 4 aromatic carbocycles. The summed E-state index contributed by atoms with van der Waals surface area (Å²) < 4.78 is 16.1. The molecule has 0 saturated heterocycles. The average Bonchev–Trinajstić information content (AvgIpc) is 4.15. The van der Waals surface area contributed by atoms with Crippen LogP contribution in [0.3, 0.4) is 0 Å². The Kier molecular flexibility index (Phi) is 11.1. The van der Waals surface area contributed by atoms with Gasteiger partial charge < -0.3 is 22.1 Å². The van der Waals surface area contributed by atoms with Crippen molar-refractivity contribution in [1.82, 2.24) is 30.2 Å². The highest BCUT2D eigenvalue weighted by Crippen LogP contribution is 2.27. The molecule has 2 aliphatic rings. The zero-order valence-electron chi connectivity index (χ0n) is 31.6. The van der Waals surface area contributed by atoms with Gasteiger partial charge in [-0.05, 0) is 118 Å². The first-order valence-corrected chi connectivity index (χ1v) is 19.6. The minimum Gasteiger partial charge on any atom is -0.383 e. The number of aromatic nitrogens is 4. The minimum absolute atomic E-state index is 0.107. The molecule has 2 saturated carbocycles. The van der Waals surface area contributed by atoms with Gasteiger partial charge in [-0.1, -0.05) is 24.3 Å². The van der Waals surface area contributed by atoms with Gasteiger partial charge in [-0.15, -0.1) is 11.8 Å². The molecule has 0 radical (unpaired) electrons. The maximum Gasteiger partial charge on any atom is 0.251 e. The fourth-order valence-corrected chi connectivity index (χ4v) is 6.54. The number of ketones is 2. The fourth-order valence-electron chi connectivity index (χ4n) is 6.08. The molecule has 0 aliphatic heterocycles. The molecule has 14 heteroatoms. The third kappa shape index (κ3) is 8.65. The number of nitrogen functional groups attached to an aromatic ring is 2. The number of nitrogens with two attached hydrogens (primary N) is 2. The average molecular weight is 785 g/mol. The smallest absolute Gasteiger partial charge is 0.251 e. The Morgan fingerprint density at radius 3 is 1.56 bits per heavy atom. The van der Waals surface area contributed by atoms with Crippen molar-refractivity contribution in [2.45, 2.75) is 56.5 Å². The van der Waals surface area contributed by atoms with Gasteiger partial charge in [-0.25, -0.2) is 13.8 Å². The van der Waals surface area contributed by atoms with Crippen molar-refractivity contribution in [3.8, 4) is 11.4 Å². The van der Waals surface area contributed by atoms with E-state index in [2.05, 4.69) is 20.8 Å². The van der Waals surface area contributed by atoms with Crippen molar-refractivity contribution >= 4 is 46.8 Å². The maximum atomic E-state index is 13.1. The predicted molar refractivity (Wildman–Crippen MR) is 218 cm³/mol. The zero-order valence-corrected chi connectivity index (χ0v) is 32.4. The molecule has 8 rings (SSSR count). The number of benzene rings is 4. The van der Waals surface area contributed by atoms with Gasteiger partial charge in [0.1, 0.15) is 17.5 Å². The van der Waals surface area contributed by atoms with E-state index >= 15 is 0 Å². The number of halogens is 1. The van der Waals surface area contributed by atoms with E-state index in [4.69, 9.17) is 11.5 Å². The van der Waals surface area contributed by atoms with Crippen LogP contribution in [0.5, 0.6) is 0 Å². The van der Waals surface area contributed by atoms with E-state index in [1.165, 1.54) is 46.0 Å². The lowest BCUT2D eigenvalue weighted by Crippen LogP contribution is -2.25. The van der Waals surface area contributed by atoms with Crippen molar-refractivity contribution < 1.29 is 23.6 Å². The number of amides is 2. The number of carbonyl (C=O) groups is 4. The summed E-state index contributed by atoms with van der Waals surface area (Å²) in [6.45, 7) is 3.79. The van der Waals surface area contributed by atoms with Gasteiger partial charge in [-0.3, -0.25) is 19.2 Å². The Morgan fingerprint density at radius 2 is 1.11 bits per heavy atom. The highest BCUT2D eigenvalue weighted by molar-refractivity contribution is 7.98. The van der Waals surface area contributed by atoms with Crippen LogP contribution in [0.25, 0.3) is 11.4 Å². The Morgan fingerprint density at radius 1 is 0.649 bits per heavy atom. The summed E-state index contributed by atoms with van der Waals surface area (Å²) in [5, 5.41) is 14.5. The summed E-state index contributed by atoms with van der Waals surface area (Å²) in [6.07, 6.45) is 8.90. The number of aryl methyl sites for hydroxylation is 2. The second-order valence-corrected chi connectivity index (χ2v) is 15.0. The van der Waals surface area contributed by atoms with Crippen molar-refractivity contribution in [3.05, 3.63) is 148 Å². The highest BCUT2D eigenvalue weighted by atomic mass is 32.2. The number of nitrogens with one attached hydrogen (secondary N) is 2. The standard InChI is InChI=1S/C22H22N4O2S.C21H19FN4O2/c1-13-6-7-15(22(28)25-16-8-9-16)11-19(13)26-21(23)18(12-24-26)20(27)14-4-3-5-17(10-14)29-2;1-12-2-3-14(21(28)25-16-8-9-16)10-18(12)26-20(23)17(11-24-26)19(27)13-4-6-15(22)7-5-13/h3-7,10-12,16H,8-9,23H2,1-2H3,(H,25,28);2-7,10-11,16H,8-9,23H2,1H3,(H,25,28). The second kappa shape index (κ2) is 16.3. The normalized spacial score (nSPS) is 13.3. The maximum absolute atomic E-state index is 13.1. The molecule has 12 nitrogen and oxygen atoms in total. The summed E-state index contributed by atoms with van der Waals surface area (Å²) in [5.74, 6) is -0.766. The SMILES string of the molecule is CSc1cccc(C(=O)c2cnn(-c3cc(C(=O)NC4CC4)ccc3C)c2N)c1.Cc1ccc(C(=O)NC2CC2)cc1-n1ncc(C(=O)c2ccc(F)cc2)c1N. The molecule has 0 atom stereocenters. The molecule has 2 aliphatic carbocycles. The molecule has 0 unspecified atom stereocenters. The first-order chi connectivity index (χ1) is 27.4. The summed E-state index contributed by atoms with van der Waals surface area (Å²) in [5.41, 5.74) is 18.1. The molecule has 2 fully saturated rings. The van der Waals surface area contributed by atoms with E-state index in [0.717, 1.165) is 41.7 Å². The van der Waals surface area contributed by atoms with Gasteiger partial charge in [0.2, 0.25) is 0 Å². The van der Waals surface area contributed by atoms with Crippen LogP contribution in [0.4, 0.5) is 16.0 Å². The zero-order chi connectivity index (χ0) is 40.4. The van der Waals surface area contributed by atoms with Gasteiger partial charge in [0, 0.05) is 39.2 Å². The van der Waals surface area contributed by atoms with E-state index < -0.39 is 5.82 Å². The summed E-state index contributed by atoms with van der Waals surface area (Å²) >= 11 is 1.57. The highest BCUT2D eigenvalue weighted by Gasteiger charge is 2.26. The van der Waals surface area contributed by atoms with E-state index in [0.29, 0.717) is 39.2 Å². The number of carbonyl (C=O) groups excluding carboxylic acids is 4. The summed E-state index contributed by atoms with van der Waals surface area (Å²) in [4.78, 5) is 51.4. The Balaban J connectivity index is 0.000000174. The lowest BCUT2D eigenvalue weighted by atomic mass is 10.1. The van der Waals surface area contributed by atoms with Crippen LogP contribution >= 0.6 is 11.8 Å². The van der Waals surface area contributed by atoms with Gasteiger partial charge in [-0.2, -0.15) is 10.2 Å². The van der Waals surface area contributed by atoms with E-state index in [1.807, 2.05) is 50.4 Å². The van der Waals surface area contributed by atoms with E-state index in [-0.39, 0.29) is 52.7 Å². The Labute approximate surface area is 332 Å². The van der Waals surface area contributed by atoms with Crippen LogP contribution in [0, 0.1) is 19.7 Å². The number of rotatable bonds is 11. The van der Waals surface area contributed by atoms with Crippen molar-refractivity contribution in [3.63, 3.8) is 0 Å². The summed E-state index contributed by atoms with van der Waals surface area (Å²) in [6, 6.07) is 23.9. The van der Waals surface area contributed by atoms with Gasteiger partial charge in [0.15, 0.2) is 11.6 Å². The quantitative estimate of drug-likeness (QED) is 0.0829. The molecule has 57 heavy (non-hydrogen) atoms. The van der Waals surface area contributed by atoms with Crippen molar-refractivity contribution in [2.75, 3.05) is 17.7 Å². The second-order valence-electron chi connectivity index (χ2n) is 14.1. The number of thioether (sulfide) groups is 1. The number of hydrogen-bond donors (Lipinski definition) is 4. The third-order valence-corrected chi connectivity index (χ3v) is 10.5. The molecule has 2 amide bonds. The van der Waals surface area contributed by atoms with Crippen molar-refractivity contribution in [2.24, 2.45) is 0 Å². The number of anilines is 2. The number of hydrogen-bond acceptors (Lipinski definition) is 9. The molecule has 0 bridgehead atoms. The van der Waals surface area contributed by atoms with Crippen LogP contribution in [0.2, 0.25) is 0 Å². The fraction of sp³-hybridized carbons (Fsp3) is 0.209. The molecule has 6 N–H and O–H groups in total. The van der Waals surface area contributed by atoms with Gasteiger partial charge in [0.05, 0.1) is 34.9 Å². The first kappa shape index (κ1) is 38.7. The molecule has 2 heterocycles. The molecular formula is C43H41FN8O4S. The van der Waals surface area contributed by atoms with E-state index in [9.17, 15) is 23.6 Å². The topological polar surface area (TPSA) is 180 Å². The summed E-state index contributed by atoms with van der Waals surface area (Å²) in [7, 11) is 0.